The number of rotatable bonds is 2. The van der Waals surface area contributed by atoms with Crippen molar-refractivity contribution in [3.8, 4) is 6.07 Å². The molecule has 98 valence electrons. The number of fused-ring (bicyclic) bond motifs is 1. The van der Waals surface area contributed by atoms with Crippen molar-refractivity contribution in [2.75, 3.05) is 0 Å². The third-order valence-corrected chi connectivity index (χ3v) is 8.53. The van der Waals surface area contributed by atoms with Gasteiger partial charge in [-0.15, -0.1) is 0 Å². The van der Waals surface area contributed by atoms with Crippen LogP contribution in [0.2, 0.25) is 0 Å². The Bertz CT molecular complexity index is 833. The van der Waals surface area contributed by atoms with Crippen molar-refractivity contribution in [3.05, 3.63) is 51.5 Å². The van der Waals surface area contributed by atoms with Gasteiger partial charge in [-0.2, -0.15) is 0 Å². The maximum atomic E-state index is 9.25. The number of nitriles is 1. The Kier molecular flexibility index (Phi) is 3.82. The molecule has 20 heavy (non-hydrogen) atoms. The number of hydrogen-bond donors (Lipinski definition) is 1. The predicted octanol–water partition coefficient (Wildman–Crippen LogP) is 1.73. The van der Waals surface area contributed by atoms with Crippen molar-refractivity contribution in [1.82, 2.24) is 9.97 Å². The van der Waals surface area contributed by atoms with Gasteiger partial charge in [-0.05, 0) is 0 Å². The molecule has 0 aliphatic carbocycles. The first kappa shape index (κ1) is 13.7. The van der Waals surface area contributed by atoms with E-state index in [2.05, 4.69) is 63.8 Å². The third-order valence-electron chi connectivity index (χ3n) is 3.28. The van der Waals surface area contributed by atoms with Crippen LogP contribution in [0.4, 0.5) is 0 Å². The molecule has 3 aromatic rings. The second kappa shape index (κ2) is 5.59. The van der Waals surface area contributed by atoms with E-state index < -0.39 is 15.8 Å². The molecule has 0 fully saturated rings. The Balaban J connectivity index is 2.10. The number of aromatic amines is 1. The van der Waals surface area contributed by atoms with E-state index in [9.17, 15) is 5.26 Å². The number of nitrogens with one attached hydrogen (secondary N) is 1. The molecular weight excluding hydrogens is 424 g/mol. The second-order valence-corrected chi connectivity index (χ2v) is 8.32. The zero-order valence-corrected chi connectivity index (χ0v) is 15.0. The molecule has 3 rings (SSSR count). The molecule has 0 saturated heterocycles. The van der Waals surface area contributed by atoms with Crippen LogP contribution in [0, 0.1) is 21.8 Å². The van der Waals surface area contributed by atoms with Crippen LogP contribution in [-0.4, -0.2) is 25.7 Å². The minimum absolute atomic E-state index is 0.538. The summed E-state index contributed by atoms with van der Waals surface area (Å²) in [6, 6.07) is 8.69. The molecule has 0 radical (unpaired) electrons. The fourth-order valence-corrected chi connectivity index (χ4v) is 5.86. The van der Waals surface area contributed by atoms with Crippen molar-refractivity contribution >= 4 is 57.9 Å². The predicted molar refractivity (Wildman–Crippen MR) is 91.1 cm³/mol. The van der Waals surface area contributed by atoms with Gasteiger partial charge in [0.25, 0.3) is 0 Å². The topological polar surface area (TPSA) is 52.5 Å². The molecular formula is C15H11AsIN3. The molecule has 1 atom stereocenters. The van der Waals surface area contributed by atoms with Gasteiger partial charge in [-0.25, -0.2) is 0 Å². The fraction of sp³-hybridized carbons (Fsp3) is 0.0667. The van der Waals surface area contributed by atoms with E-state index in [0.717, 1.165) is 3.57 Å². The SMILES string of the molecule is Cc1c([AsH]c2c(I)cncc2C#N)ccc2[nH]ccc12. The van der Waals surface area contributed by atoms with Crippen LogP contribution in [0.3, 0.4) is 0 Å². The maximum absolute atomic E-state index is 9.25. The second-order valence-electron chi connectivity index (χ2n) is 4.46. The molecule has 1 unspecified atom stereocenters. The number of hydrogen-bond acceptors (Lipinski definition) is 2. The molecule has 1 N–H and O–H groups in total. The Morgan fingerprint density at radius 2 is 2.15 bits per heavy atom. The third kappa shape index (κ3) is 2.36. The van der Waals surface area contributed by atoms with Crippen molar-refractivity contribution in [3.63, 3.8) is 0 Å². The molecule has 1 aromatic carbocycles. The van der Waals surface area contributed by atoms with E-state index >= 15 is 0 Å². The van der Waals surface area contributed by atoms with E-state index in [4.69, 9.17) is 0 Å². The summed E-state index contributed by atoms with van der Waals surface area (Å²) in [6.07, 6.45) is 5.48. The van der Waals surface area contributed by atoms with E-state index in [-0.39, 0.29) is 0 Å². The molecule has 0 saturated carbocycles. The van der Waals surface area contributed by atoms with Crippen LogP contribution >= 0.6 is 22.6 Å². The van der Waals surface area contributed by atoms with Gasteiger partial charge in [0.1, 0.15) is 0 Å². The number of H-pyrrole nitrogens is 1. The first-order valence-electron chi connectivity index (χ1n) is 6.08. The Hall–Kier alpha value is -1.31. The van der Waals surface area contributed by atoms with Gasteiger partial charge < -0.3 is 0 Å². The van der Waals surface area contributed by atoms with Gasteiger partial charge in [0, 0.05) is 0 Å². The summed E-state index contributed by atoms with van der Waals surface area (Å²) in [5, 5.41) is 10.5. The van der Waals surface area contributed by atoms with E-state index in [0.29, 0.717) is 5.56 Å². The molecule has 2 heterocycles. The average molecular weight is 435 g/mol. The summed E-state index contributed by atoms with van der Waals surface area (Å²) in [5.41, 5.74) is 3.20. The standard InChI is InChI=1S/C15H11AsIN3/c1-9-11-4-5-20-14(11)3-2-12(9)16-15-10(6-18)7-19-8-13(15)17/h2-5,7-8,16,20H,1H3. The monoisotopic (exact) mass is 435 g/mol. The van der Waals surface area contributed by atoms with Gasteiger partial charge in [0.2, 0.25) is 0 Å². The summed E-state index contributed by atoms with van der Waals surface area (Å²) in [4.78, 5) is 7.34. The zero-order chi connectivity index (χ0) is 14.1. The quantitative estimate of drug-likeness (QED) is 0.493. The summed E-state index contributed by atoms with van der Waals surface area (Å²) >= 11 is 1.74. The van der Waals surface area contributed by atoms with E-state index in [1.165, 1.54) is 25.2 Å². The minimum atomic E-state index is -0.538. The van der Waals surface area contributed by atoms with Gasteiger partial charge in [-0.3, -0.25) is 0 Å². The Morgan fingerprint density at radius 1 is 1.30 bits per heavy atom. The summed E-state index contributed by atoms with van der Waals surface area (Å²) in [6.45, 7) is 2.16. The van der Waals surface area contributed by atoms with E-state index in [1.54, 1.807) is 6.20 Å². The van der Waals surface area contributed by atoms with Crippen LogP contribution in [0.1, 0.15) is 11.1 Å². The van der Waals surface area contributed by atoms with Crippen LogP contribution in [-0.2, 0) is 0 Å². The van der Waals surface area contributed by atoms with Crippen molar-refractivity contribution in [2.24, 2.45) is 0 Å². The number of aromatic nitrogens is 2. The summed E-state index contributed by atoms with van der Waals surface area (Å²) < 4.78 is 3.65. The summed E-state index contributed by atoms with van der Waals surface area (Å²) in [5.74, 6) is 0. The number of pyridine rings is 1. The molecule has 0 aliphatic rings. The number of halogens is 1. The van der Waals surface area contributed by atoms with Crippen LogP contribution in [0.5, 0.6) is 0 Å². The molecule has 0 bridgehead atoms. The van der Waals surface area contributed by atoms with Gasteiger partial charge in [0.15, 0.2) is 0 Å². The van der Waals surface area contributed by atoms with Crippen molar-refractivity contribution < 1.29 is 0 Å². The Morgan fingerprint density at radius 3 is 2.95 bits per heavy atom. The van der Waals surface area contributed by atoms with E-state index in [1.807, 2.05) is 12.4 Å². The van der Waals surface area contributed by atoms with Gasteiger partial charge in [-0.1, -0.05) is 0 Å². The van der Waals surface area contributed by atoms with Crippen LogP contribution in [0.15, 0.2) is 36.8 Å². The van der Waals surface area contributed by atoms with Gasteiger partial charge in [0.05, 0.1) is 0 Å². The molecule has 2 aromatic heterocycles. The molecule has 0 aliphatic heterocycles. The normalized spacial score (nSPS) is 11.2. The van der Waals surface area contributed by atoms with Crippen LogP contribution in [0.25, 0.3) is 10.9 Å². The number of nitrogens with zero attached hydrogens (tertiary/aromatic N) is 2. The molecule has 0 spiro atoms. The number of aryl methyl sites for hydroxylation is 1. The number of benzene rings is 1. The first-order valence-corrected chi connectivity index (χ1v) is 9.25. The van der Waals surface area contributed by atoms with Crippen LogP contribution < -0.4 is 8.70 Å². The average Bonchev–Trinajstić information content (AvgIpc) is 2.93. The summed E-state index contributed by atoms with van der Waals surface area (Å²) in [7, 11) is 0. The molecule has 5 heteroatoms. The van der Waals surface area contributed by atoms with Crippen molar-refractivity contribution in [1.29, 1.82) is 5.26 Å². The van der Waals surface area contributed by atoms with Crippen molar-refractivity contribution in [2.45, 2.75) is 6.92 Å². The van der Waals surface area contributed by atoms with Gasteiger partial charge >= 0.3 is 138 Å². The fourth-order valence-electron chi connectivity index (χ4n) is 2.20. The first-order chi connectivity index (χ1) is 9.70. The molecule has 0 amide bonds. The molecule has 3 nitrogen and oxygen atoms in total. The Labute approximate surface area is 137 Å². The zero-order valence-electron chi connectivity index (χ0n) is 10.7.